The van der Waals surface area contributed by atoms with Crippen LogP contribution in [0.2, 0.25) is 0 Å². The molecule has 1 atom stereocenters. The van der Waals surface area contributed by atoms with Gasteiger partial charge in [-0.25, -0.2) is 5.90 Å². The largest absolute Gasteiger partial charge is 0.416 e. The molecule has 16 heavy (non-hydrogen) atoms. The molecule has 0 radical (unpaired) electrons. The predicted octanol–water partition coefficient (Wildman–Crippen LogP) is 2.79. The summed E-state index contributed by atoms with van der Waals surface area (Å²) in [6.45, 7) is 0.251. The van der Waals surface area contributed by atoms with Gasteiger partial charge in [-0.05, 0) is 23.8 Å². The summed E-state index contributed by atoms with van der Waals surface area (Å²) < 4.78 is 37.5. The molecule has 2 rings (SSSR count). The summed E-state index contributed by atoms with van der Waals surface area (Å²) in [6.07, 6.45) is -4.30. The molecular formula is C10H10F3NOS. The Morgan fingerprint density at radius 3 is 2.81 bits per heavy atom. The van der Waals surface area contributed by atoms with Crippen molar-refractivity contribution >= 4 is 11.8 Å². The maximum absolute atomic E-state index is 12.5. The second-order valence-electron chi connectivity index (χ2n) is 3.59. The molecule has 1 aromatic rings. The first kappa shape index (κ1) is 11.8. The normalized spacial score (nSPS) is 19.9. The molecule has 88 valence electrons. The predicted molar refractivity (Wildman–Crippen MR) is 55.0 cm³/mol. The fourth-order valence-electron chi connectivity index (χ4n) is 1.71. The van der Waals surface area contributed by atoms with Crippen molar-refractivity contribution in [2.24, 2.45) is 5.90 Å². The van der Waals surface area contributed by atoms with Gasteiger partial charge in [-0.2, -0.15) is 13.2 Å². The Balaban J connectivity index is 2.34. The molecule has 0 aromatic heterocycles. The summed E-state index contributed by atoms with van der Waals surface area (Å²) in [5.74, 6) is 5.63. The van der Waals surface area contributed by atoms with Gasteiger partial charge in [0.15, 0.2) is 0 Å². The highest BCUT2D eigenvalue weighted by Crippen LogP contribution is 2.42. The number of benzene rings is 1. The van der Waals surface area contributed by atoms with Gasteiger partial charge in [-0.3, -0.25) is 0 Å². The van der Waals surface area contributed by atoms with Gasteiger partial charge in [-0.1, -0.05) is 0 Å². The van der Waals surface area contributed by atoms with Crippen molar-refractivity contribution in [3.05, 3.63) is 29.3 Å². The summed E-state index contributed by atoms with van der Waals surface area (Å²) in [5, 5.41) is 0. The monoisotopic (exact) mass is 249 g/mol. The molecule has 6 heteroatoms. The van der Waals surface area contributed by atoms with E-state index < -0.39 is 11.7 Å². The first-order chi connectivity index (χ1) is 7.52. The molecule has 0 amide bonds. The quantitative estimate of drug-likeness (QED) is 0.818. The van der Waals surface area contributed by atoms with Gasteiger partial charge < -0.3 is 4.84 Å². The Hall–Kier alpha value is -0.720. The molecule has 2 N–H and O–H groups in total. The number of rotatable bonds is 2. The summed E-state index contributed by atoms with van der Waals surface area (Å²) in [4.78, 5) is 5.40. The Morgan fingerprint density at radius 2 is 2.19 bits per heavy atom. The van der Waals surface area contributed by atoms with E-state index in [0.717, 1.165) is 11.0 Å². The number of thioether (sulfide) groups is 1. The SMILES string of the molecule is NOCC1CSc2ccc(C(F)(F)F)cc21. The molecule has 0 spiro atoms. The Bertz CT molecular complexity index is 392. The molecule has 0 aliphatic carbocycles. The first-order valence-corrected chi connectivity index (χ1v) is 5.66. The van der Waals surface area contributed by atoms with Crippen LogP contribution in [-0.4, -0.2) is 12.4 Å². The highest BCUT2D eigenvalue weighted by Gasteiger charge is 2.33. The number of hydrogen-bond acceptors (Lipinski definition) is 3. The van der Waals surface area contributed by atoms with Crippen LogP contribution in [0.25, 0.3) is 0 Å². The Morgan fingerprint density at radius 1 is 1.44 bits per heavy atom. The Kier molecular flexibility index (Phi) is 3.14. The first-order valence-electron chi connectivity index (χ1n) is 4.68. The Labute approximate surface area is 94.9 Å². The van der Waals surface area contributed by atoms with Crippen LogP contribution in [0.3, 0.4) is 0 Å². The summed E-state index contributed by atoms with van der Waals surface area (Å²) in [5.41, 5.74) is 0.0704. The summed E-state index contributed by atoms with van der Waals surface area (Å²) >= 11 is 1.53. The van der Waals surface area contributed by atoms with Gasteiger partial charge in [-0.15, -0.1) is 11.8 Å². The van der Waals surface area contributed by atoms with Gasteiger partial charge >= 0.3 is 6.18 Å². The zero-order valence-electron chi connectivity index (χ0n) is 8.25. The maximum Gasteiger partial charge on any atom is 0.416 e. The third kappa shape index (κ3) is 2.18. The number of fused-ring (bicyclic) bond motifs is 1. The smallest absolute Gasteiger partial charge is 0.304 e. The van der Waals surface area contributed by atoms with Crippen LogP contribution in [0.4, 0.5) is 13.2 Å². The lowest BCUT2D eigenvalue weighted by atomic mass is 10.00. The topological polar surface area (TPSA) is 35.2 Å². The fourth-order valence-corrected chi connectivity index (χ4v) is 2.92. The van der Waals surface area contributed by atoms with Crippen molar-refractivity contribution in [2.45, 2.75) is 17.0 Å². The minimum atomic E-state index is -4.30. The van der Waals surface area contributed by atoms with Gasteiger partial charge in [0, 0.05) is 16.6 Å². The summed E-state index contributed by atoms with van der Waals surface area (Å²) in [6, 6.07) is 3.82. The molecule has 0 fully saturated rings. The van der Waals surface area contributed by atoms with Crippen LogP contribution in [-0.2, 0) is 11.0 Å². The summed E-state index contributed by atoms with van der Waals surface area (Å²) in [7, 11) is 0. The van der Waals surface area contributed by atoms with Gasteiger partial charge in [0.2, 0.25) is 0 Å². The van der Waals surface area contributed by atoms with E-state index in [9.17, 15) is 13.2 Å². The van der Waals surface area contributed by atoms with Crippen LogP contribution in [0.1, 0.15) is 17.0 Å². The number of nitrogens with two attached hydrogens (primary N) is 1. The molecule has 1 aromatic carbocycles. The van der Waals surface area contributed by atoms with E-state index in [0.29, 0.717) is 11.3 Å². The number of halogens is 3. The minimum absolute atomic E-state index is 0.0488. The zero-order valence-corrected chi connectivity index (χ0v) is 9.07. The molecule has 2 nitrogen and oxygen atoms in total. The van der Waals surface area contributed by atoms with Gasteiger partial charge in [0.05, 0.1) is 12.2 Å². The van der Waals surface area contributed by atoms with Crippen molar-refractivity contribution < 1.29 is 18.0 Å². The van der Waals surface area contributed by atoms with E-state index in [1.807, 2.05) is 0 Å². The second-order valence-corrected chi connectivity index (χ2v) is 4.65. The van der Waals surface area contributed by atoms with Crippen molar-refractivity contribution in [1.29, 1.82) is 0 Å². The van der Waals surface area contributed by atoms with E-state index in [2.05, 4.69) is 4.84 Å². The lowest BCUT2D eigenvalue weighted by Gasteiger charge is -2.12. The van der Waals surface area contributed by atoms with Crippen LogP contribution in [0.5, 0.6) is 0 Å². The lowest BCUT2D eigenvalue weighted by molar-refractivity contribution is -0.137. The minimum Gasteiger partial charge on any atom is -0.304 e. The molecule has 1 unspecified atom stereocenters. The average molecular weight is 249 g/mol. The average Bonchev–Trinajstić information content (AvgIpc) is 2.60. The molecule has 0 bridgehead atoms. The molecular weight excluding hydrogens is 239 g/mol. The van der Waals surface area contributed by atoms with Crippen LogP contribution in [0, 0.1) is 0 Å². The van der Waals surface area contributed by atoms with Crippen molar-refractivity contribution in [2.75, 3.05) is 12.4 Å². The lowest BCUT2D eigenvalue weighted by Crippen LogP contribution is -2.12. The van der Waals surface area contributed by atoms with E-state index in [4.69, 9.17) is 5.90 Å². The number of hydrogen-bond donors (Lipinski definition) is 1. The third-order valence-electron chi connectivity index (χ3n) is 2.51. The molecule has 1 heterocycles. The van der Waals surface area contributed by atoms with E-state index in [1.165, 1.54) is 23.9 Å². The number of alkyl halides is 3. The van der Waals surface area contributed by atoms with Crippen molar-refractivity contribution in [1.82, 2.24) is 0 Å². The van der Waals surface area contributed by atoms with Crippen molar-refractivity contribution in [3.63, 3.8) is 0 Å². The van der Waals surface area contributed by atoms with Crippen LogP contribution >= 0.6 is 11.8 Å². The molecule has 0 saturated heterocycles. The molecule has 1 aliphatic heterocycles. The maximum atomic E-state index is 12.5. The van der Waals surface area contributed by atoms with E-state index in [1.54, 1.807) is 0 Å². The van der Waals surface area contributed by atoms with E-state index in [-0.39, 0.29) is 12.5 Å². The standard InChI is InChI=1S/C10H10F3NOS/c11-10(12,13)7-1-2-9-8(3-7)6(4-15-14)5-16-9/h1-3,6H,4-5,14H2. The van der Waals surface area contributed by atoms with Gasteiger partial charge in [0.25, 0.3) is 0 Å². The fraction of sp³-hybridized carbons (Fsp3) is 0.400. The third-order valence-corrected chi connectivity index (χ3v) is 3.77. The van der Waals surface area contributed by atoms with Crippen LogP contribution < -0.4 is 5.90 Å². The molecule has 0 saturated carbocycles. The highest BCUT2D eigenvalue weighted by atomic mass is 32.2. The highest BCUT2D eigenvalue weighted by molar-refractivity contribution is 7.99. The second kappa shape index (κ2) is 4.27. The van der Waals surface area contributed by atoms with E-state index >= 15 is 0 Å². The zero-order chi connectivity index (χ0) is 11.8. The van der Waals surface area contributed by atoms with Crippen molar-refractivity contribution in [3.8, 4) is 0 Å². The molecule has 1 aliphatic rings. The van der Waals surface area contributed by atoms with Gasteiger partial charge in [0.1, 0.15) is 0 Å². The van der Waals surface area contributed by atoms with Crippen LogP contribution in [0.15, 0.2) is 23.1 Å².